The highest BCUT2D eigenvalue weighted by Gasteiger charge is 2.34. The molecule has 1 aromatic carbocycles. The van der Waals surface area contributed by atoms with E-state index < -0.39 is 11.7 Å². The van der Waals surface area contributed by atoms with E-state index in [1.54, 1.807) is 24.4 Å². The summed E-state index contributed by atoms with van der Waals surface area (Å²) in [7, 11) is 0. The predicted molar refractivity (Wildman–Crippen MR) is 83.6 cm³/mol. The Bertz CT molecular complexity index is 652. The summed E-state index contributed by atoms with van der Waals surface area (Å²) < 4.78 is 45.5. The van der Waals surface area contributed by atoms with Gasteiger partial charge in [-0.05, 0) is 23.8 Å². The van der Waals surface area contributed by atoms with Crippen LogP contribution in [0.1, 0.15) is 16.8 Å². The van der Waals surface area contributed by atoms with Crippen molar-refractivity contribution in [3.05, 3.63) is 47.3 Å². The maximum absolute atomic E-state index is 13.4. The summed E-state index contributed by atoms with van der Waals surface area (Å²) in [5, 5.41) is 9.59. The van der Waals surface area contributed by atoms with Crippen LogP contribution in [0.15, 0.2) is 30.5 Å². The van der Waals surface area contributed by atoms with Crippen LogP contribution in [0.4, 0.5) is 18.9 Å². The number of anilines is 1. The second-order valence-electron chi connectivity index (χ2n) is 5.62. The highest BCUT2D eigenvalue weighted by molar-refractivity contribution is 5.52. The van der Waals surface area contributed by atoms with Crippen LogP contribution in [0.3, 0.4) is 0 Å². The average molecular weight is 340 g/mol. The Balaban J connectivity index is 1.74. The standard InChI is InChI=1S/C16H19F3N4O/c17-16(18,19)15-9-14(23-5-7-24-8-6-23)2-1-12(15)10-20-11-13-3-4-21-22-13/h1-4,9,20H,5-8,10-11H2,(H,21,22). The molecule has 1 aliphatic heterocycles. The van der Waals surface area contributed by atoms with Gasteiger partial charge in [0.15, 0.2) is 0 Å². The summed E-state index contributed by atoms with van der Waals surface area (Å²) in [6, 6.07) is 6.30. The molecular weight excluding hydrogens is 321 g/mol. The van der Waals surface area contributed by atoms with Gasteiger partial charge in [-0.15, -0.1) is 0 Å². The number of rotatable bonds is 5. The van der Waals surface area contributed by atoms with Crippen molar-refractivity contribution < 1.29 is 17.9 Å². The third-order valence-corrected chi connectivity index (χ3v) is 3.96. The van der Waals surface area contributed by atoms with Crippen molar-refractivity contribution in [1.82, 2.24) is 15.5 Å². The van der Waals surface area contributed by atoms with Crippen molar-refractivity contribution in [2.24, 2.45) is 0 Å². The smallest absolute Gasteiger partial charge is 0.378 e. The van der Waals surface area contributed by atoms with E-state index >= 15 is 0 Å². The van der Waals surface area contributed by atoms with E-state index in [0.717, 1.165) is 5.69 Å². The molecule has 0 amide bonds. The van der Waals surface area contributed by atoms with Crippen molar-refractivity contribution in [2.45, 2.75) is 19.3 Å². The fraction of sp³-hybridized carbons (Fsp3) is 0.438. The number of aromatic nitrogens is 2. The molecule has 130 valence electrons. The van der Waals surface area contributed by atoms with Gasteiger partial charge < -0.3 is 15.0 Å². The van der Waals surface area contributed by atoms with Crippen LogP contribution in [0.25, 0.3) is 0 Å². The van der Waals surface area contributed by atoms with Crippen molar-refractivity contribution >= 4 is 5.69 Å². The minimum atomic E-state index is -4.38. The van der Waals surface area contributed by atoms with Gasteiger partial charge in [-0.1, -0.05) is 6.07 Å². The molecule has 1 aromatic heterocycles. The Morgan fingerprint density at radius 3 is 2.62 bits per heavy atom. The molecule has 0 radical (unpaired) electrons. The number of hydrogen-bond donors (Lipinski definition) is 2. The van der Waals surface area contributed by atoms with Gasteiger partial charge in [-0.25, -0.2) is 0 Å². The number of alkyl halides is 3. The van der Waals surface area contributed by atoms with Crippen LogP contribution in [-0.4, -0.2) is 36.5 Å². The largest absolute Gasteiger partial charge is 0.416 e. The van der Waals surface area contributed by atoms with Crippen molar-refractivity contribution in [1.29, 1.82) is 0 Å². The lowest BCUT2D eigenvalue weighted by Crippen LogP contribution is -2.36. The van der Waals surface area contributed by atoms with Crippen molar-refractivity contribution in [3.8, 4) is 0 Å². The summed E-state index contributed by atoms with van der Waals surface area (Å²) in [6.07, 6.45) is -2.78. The number of nitrogens with zero attached hydrogens (tertiary/aromatic N) is 2. The summed E-state index contributed by atoms with van der Waals surface area (Å²) in [4.78, 5) is 1.92. The third kappa shape index (κ3) is 4.07. The fourth-order valence-corrected chi connectivity index (χ4v) is 2.72. The molecule has 8 heteroatoms. The van der Waals surface area contributed by atoms with Gasteiger partial charge in [-0.2, -0.15) is 18.3 Å². The Hall–Kier alpha value is -2.06. The zero-order chi connectivity index (χ0) is 17.0. The molecule has 1 saturated heterocycles. The molecule has 24 heavy (non-hydrogen) atoms. The van der Waals surface area contributed by atoms with E-state index in [2.05, 4.69) is 15.5 Å². The summed E-state index contributed by atoms with van der Waals surface area (Å²) >= 11 is 0. The average Bonchev–Trinajstić information content (AvgIpc) is 3.08. The fourth-order valence-electron chi connectivity index (χ4n) is 2.72. The number of morpholine rings is 1. The number of ether oxygens (including phenoxy) is 1. The number of H-pyrrole nitrogens is 1. The van der Waals surface area contributed by atoms with Crippen LogP contribution in [-0.2, 0) is 24.0 Å². The van der Waals surface area contributed by atoms with Gasteiger partial charge in [-0.3, -0.25) is 5.10 Å². The molecule has 2 N–H and O–H groups in total. The quantitative estimate of drug-likeness (QED) is 0.878. The molecule has 2 aromatic rings. The minimum Gasteiger partial charge on any atom is -0.378 e. The van der Waals surface area contributed by atoms with E-state index in [-0.39, 0.29) is 12.1 Å². The molecule has 0 aliphatic carbocycles. The van der Waals surface area contributed by atoms with Crippen LogP contribution >= 0.6 is 0 Å². The van der Waals surface area contributed by atoms with E-state index in [9.17, 15) is 13.2 Å². The third-order valence-electron chi connectivity index (χ3n) is 3.96. The summed E-state index contributed by atoms with van der Waals surface area (Å²) in [5.41, 5.74) is 1.05. The number of aromatic amines is 1. The molecule has 2 heterocycles. The second-order valence-corrected chi connectivity index (χ2v) is 5.62. The lowest BCUT2D eigenvalue weighted by atomic mass is 10.0. The van der Waals surface area contributed by atoms with E-state index in [1.165, 1.54) is 6.07 Å². The van der Waals surface area contributed by atoms with E-state index in [4.69, 9.17) is 4.74 Å². The first-order valence-corrected chi connectivity index (χ1v) is 7.76. The topological polar surface area (TPSA) is 53.2 Å². The lowest BCUT2D eigenvalue weighted by molar-refractivity contribution is -0.138. The van der Waals surface area contributed by atoms with Crippen molar-refractivity contribution in [2.75, 3.05) is 31.2 Å². The van der Waals surface area contributed by atoms with Gasteiger partial charge >= 0.3 is 6.18 Å². The maximum atomic E-state index is 13.4. The van der Waals surface area contributed by atoms with Crippen LogP contribution in [0, 0.1) is 0 Å². The normalized spacial score (nSPS) is 15.7. The van der Waals surface area contributed by atoms with E-state index in [0.29, 0.717) is 38.5 Å². The monoisotopic (exact) mass is 340 g/mol. The summed E-state index contributed by atoms with van der Waals surface area (Å²) in [6.45, 7) is 2.85. The molecule has 0 bridgehead atoms. The highest BCUT2D eigenvalue weighted by Crippen LogP contribution is 2.35. The van der Waals surface area contributed by atoms with Crippen LogP contribution in [0.5, 0.6) is 0 Å². The number of benzene rings is 1. The molecule has 0 atom stereocenters. The predicted octanol–water partition coefficient (Wildman–Crippen LogP) is 2.55. The Morgan fingerprint density at radius 1 is 1.17 bits per heavy atom. The van der Waals surface area contributed by atoms with Gasteiger partial charge in [0.25, 0.3) is 0 Å². The second kappa shape index (κ2) is 7.23. The summed E-state index contributed by atoms with van der Waals surface area (Å²) in [5.74, 6) is 0. The van der Waals surface area contributed by atoms with Gasteiger partial charge in [0.1, 0.15) is 0 Å². The van der Waals surface area contributed by atoms with Gasteiger partial charge in [0.05, 0.1) is 18.8 Å². The molecule has 5 nitrogen and oxygen atoms in total. The molecule has 3 rings (SSSR count). The highest BCUT2D eigenvalue weighted by atomic mass is 19.4. The van der Waals surface area contributed by atoms with Crippen LogP contribution < -0.4 is 10.2 Å². The van der Waals surface area contributed by atoms with Crippen molar-refractivity contribution in [3.63, 3.8) is 0 Å². The molecule has 0 unspecified atom stereocenters. The Kier molecular flexibility index (Phi) is 5.06. The zero-order valence-electron chi connectivity index (χ0n) is 13.1. The first-order valence-electron chi connectivity index (χ1n) is 7.76. The Labute approximate surface area is 137 Å². The molecule has 1 fully saturated rings. The van der Waals surface area contributed by atoms with E-state index in [1.807, 2.05) is 4.90 Å². The first-order chi connectivity index (χ1) is 11.5. The lowest BCUT2D eigenvalue weighted by Gasteiger charge is -2.29. The first kappa shape index (κ1) is 16.8. The Morgan fingerprint density at radius 2 is 1.96 bits per heavy atom. The zero-order valence-corrected chi connectivity index (χ0v) is 13.1. The number of hydrogen-bond acceptors (Lipinski definition) is 4. The molecule has 0 spiro atoms. The molecule has 0 saturated carbocycles. The number of halogens is 3. The number of nitrogens with one attached hydrogen (secondary N) is 2. The molecular formula is C16H19F3N4O. The maximum Gasteiger partial charge on any atom is 0.416 e. The minimum absolute atomic E-state index is 0.136. The van der Waals surface area contributed by atoms with Gasteiger partial charge in [0, 0.05) is 43.8 Å². The van der Waals surface area contributed by atoms with Gasteiger partial charge in [0.2, 0.25) is 0 Å². The van der Waals surface area contributed by atoms with Crippen LogP contribution in [0.2, 0.25) is 0 Å². The molecule has 1 aliphatic rings. The SMILES string of the molecule is FC(F)(F)c1cc(N2CCOCC2)ccc1CNCc1ccn[nH]1.